The van der Waals surface area contributed by atoms with Gasteiger partial charge in [0, 0.05) is 46.3 Å². The molecule has 192 valence electrons. The highest BCUT2D eigenvalue weighted by Crippen LogP contribution is 2.38. The molecular weight excluding hydrogens is 526 g/mol. The van der Waals surface area contributed by atoms with Gasteiger partial charge >= 0.3 is 6.09 Å². The lowest BCUT2D eigenvalue weighted by Crippen LogP contribution is -2.36. The molecule has 0 radical (unpaired) electrons. The third-order valence-corrected chi connectivity index (χ3v) is 8.27. The number of hydrogen-bond acceptors (Lipinski definition) is 5. The average Bonchev–Trinajstić information content (AvgIpc) is 3.25. The van der Waals surface area contributed by atoms with Gasteiger partial charge in [-0.1, -0.05) is 22.0 Å². The molecule has 36 heavy (non-hydrogen) atoms. The first-order chi connectivity index (χ1) is 17.2. The van der Waals surface area contributed by atoms with Crippen molar-refractivity contribution in [2.24, 2.45) is 0 Å². The van der Waals surface area contributed by atoms with Crippen molar-refractivity contribution in [3.63, 3.8) is 0 Å². The predicted molar refractivity (Wildman–Crippen MR) is 139 cm³/mol. The van der Waals surface area contributed by atoms with Gasteiger partial charge in [0.15, 0.2) is 5.82 Å². The number of halogens is 1. The minimum Gasteiger partial charge on any atom is -0.446 e. The summed E-state index contributed by atoms with van der Waals surface area (Å²) in [6.07, 6.45) is 5.42. The molecule has 2 aliphatic carbocycles. The highest BCUT2D eigenvalue weighted by atomic mass is 79.9. The number of ether oxygens (including phenoxy) is 1. The number of hydrogen-bond donors (Lipinski definition) is 3. The maximum absolute atomic E-state index is 13.0. The van der Waals surface area contributed by atoms with Gasteiger partial charge in [-0.15, -0.1) is 0 Å². The zero-order chi connectivity index (χ0) is 25.4. The number of alkyl carbamates (subject to hydrolysis) is 1. The molecule has 3 atom stereocenters. The van der Waals surface area contributed by atoms with E-state index < -0.39 is 5.92 Å². The van der Waals surface area contributed by atoms with Crippen LogP contribution in [-0.2, 0) is 14.3 Å². The van der Waals surface area contributed by atoms with Gasteiger partial charge in [-0.05, 0) is 70.1 Å². The van der Waals surface area contributed by atoms with Crippen molar-refractivity contribution in [3.05, 3.63) is 40.0 Å². The smallest absolute Gasteiger partial charge is 0.407 e. The number of aromatic nitrogens is 2. The van der Waals surface area contributed by atoms with Gasteiger partial charge in [0.25, 0.3) is 0 Å². The number of aromatic amines is 1. The van der Waals surface area contributed by atoms with Crippen LogP contribution in [-0.4, -0.2) is 46.3 Å². The molecule has 3 N–H and O–H groups in total. The molecule has 1 unspecified atom stereocenters. The molecule has 1 aliphatic heterocycles. The standard InChI is InChI=1S/C26H32BrN5O4/c1-15(19-8-6-17(13-20(19)27)32-11-3-4-23(32)33)24(34)28-22-14-21(30-31-22)16-5-7-18(12-16)36-25(35)29-26(2)9-10-26/h6,8,13-16,18H,3-5,7,9-12H2,1-2H3,(H,29,35)(H2,28,30,31,34)/t15?,16-,18+/m1/s1. The molecule has 2 aromatic rings. The number of carbonyl (C=O) groups excluding carboxylic acids is 3. The van der Waals surface area contributed by atoms with Gasteiger partial charge in [-0.25, -0.2) is 4.79 Å². The zero-order valence-corrected chi connectivity index (χ0v) is 22.2. The quantitative estimate of drug-likeness (QED) is 0.445. The fourth-order valence-electron chi connectivity index (χ4n) is 5.01. The fraction of sp³-hybridized carbons (Fsp3) is 0.538. The minimum absolute atomic E-state index is 0.0900. The molecule has 5 rings (SSSR count). The van der Waals surface area contributed by atoms with Crippen molar-refractivity contribution in [1.29, 1.82) is 0 Å². The number of anilines is 2. The molecular formula is C26H32BrN5O4. The summed E-state index contributed by atoms with van der Waals surface area (Å²) in [5.41, 5.74) is 2.52. The average molecular weight is 558 g/mol. The van der Waals surface area contributed by atoms with Crippen LogP contribution < -0.4 is 15.5 Å². The number of carbonyl (C=O) groups is 3. The molecule has 3 amide bonds. The van der Waals surface area contributed by atoms with Gasteiger partial charge in [0.2, 0.25) is 11.8 Å². The van der Waals surface area contributed by atoms with Gasteiger partial charge in [-0.2, -0.15) is 5.10 Å². The van der Waals surface area contributed by atoms with Crippen LogP contribution in [0.3, 0.4) is 0 Å². The summed E-state index contributed by atoms with van der Waals surface area (Å²) >= 11 is 3.58. The first-order valence-corrected chi connectivity index (χ1v) is 13.4. The topological polar surface area (TPSA) is 116 Å². The second-order valence-electron chi connectivity index (χ2n) is 10.5. The third-order valence-electron chi connectivity index (χ3n) is 7.58. The number of benzene rings is 1. The van der Waals surface area contributed by atoms with Crippen molar-refractivity contribution in [3.8, 4) is 0 Å². The van der Waals surface area contributed by atoms with E-state index in [1.807, 2.05) is 38.1 Å². The van der Waals surface area contributed by atoms with Crippen LogP contribution in [0.2, 0.25) is 0 Å². The van der Waals surface area contributed by atoms with Gasteiger partial charge in [0.05, 0.1) is 5.92 Å². The van der Waals surface area contributed by atoms with Crippen molar-refractivity contribution in [1.82, 2.24) is 15.5 Å². The highest BCUT2D eigenvalue weighted by molar-refractivity contribution is 9.10. The van der Waals surface area contributed by atoms with E-state index >= 15 is 0 Å². The summed E-state index contributed by atoms with van der Waals surface area (Å²) in [4.78, 5) is 38.9. The van der Waals surface area contributed by atoms with Crippen LogP contribution in [0.25, 0.3) is 0 Å². The number of H-pyrrole nitrogens is 1. The van der Waals surface area contributed by atoms with Crippen LogP contribution in [0.15, 0.2) is 28.7 Å². The van der Waals surface area contributed by atoms with Crippen LogP contribution in [0, 0.1) is 0 Å². The van der Waals surface area contributed by atoms with Crippen molar-refractivity contribution < 1.29 is 19.1 Å². The Morgan fingerprint density at radius 2 is 2.08 bits per heavy atom. The molecule has 2 heterocycles. The number of rotatable bonds is 7. The second kappa shape index (κ2) is 9.88. The Morgan fingerprint density at radius 1 is 1.28 bits per heavy atom. The van der Waals surface area contributed by atoms with Gasteiger partial charge in [-0.3, -0.25) is 14.7 Å². The van der Waals surface area contributed by atoms with E-state index in [0.29, 0.717) is 12.2 Å². The van der Waals surface area contributed by atoms with E-state index in [1.165, 1.54) is 0 Å². The molecule has 3 fully saturated rings. The molecule has 10 heteroatoms. The van der Waals surface area contributed by atoms with Crippen LogP contribution in [0.1, 0.15) is 81.9 Å². The van der Waals surface area contributed by atoms with Crippen LogP contribution >= 0.6 is 15.9 Å². The Balaban J connectivity index is 1.15. The normalized spacial score (nSPS) is 23.4. The van der Waals surface area contributed by atoms with Gasteiger partial charge in [0.1, 0.15) is 6.10 Å². The Morgan fingerprint density at radius 3 is 2.78 bits per heavy atom. The van der Waals surface area contributed by atoms with E-state index in [0.717, 1.165) is 66.5 Å². The van der Waals surface area contributed by atoms with Crippen molar-refractivity contribution in [2.45, 2.75) is 82.3 Å². The minimum atomic E-state index is -0.418. The van der Waals surface area contributed by atoms with Crippen molar-refractivity contribution in [2.75, 3.05) is 16.8 Å². The predicted octanol–water partition coefficient (Wildman–Crippen LogP) is 4.96. The number of nitrogens with zero attached hydrogens (tertiary/aromatic N) is 2. The largest absolute Gasteiger partial charge is 0.446 e. The lowest BCUT2D eigenvalue weighted by Gasteiger charge is -2.19. The van der Waals surface area contributed by atoms with E-state index in [4.69, 9.17) is 4.74 Å². The van der Waals surface area contributed by atoms with Gasteiger partial charge < -0.3 is 20.3 Å². The second-order valence-corrected chi connectivity index (χ2v) is 11.4. The molecule has 1 aromatic carbocycles. The third kappa shape index (κ3) is 5.43. The number of nitrogens with one attached hydrogen (secondary N) is 3. The Hall–Kier alpha value is -2.88. The molecule has 1 aromatic heterocycles. The molecule has 9 nitrogen and oxygen atoms in total. The summed E-state index contributed by atoms with van der Waals surface area (Å²) in [6.45, 7) is 4.59. The molecule has 0 spiro atoms. The lowest BCUT2D eigenvalue weighted by atomic mass is 9.99. The maximum atomic E-state index is 13.0. The number of amides is 3. The first-order valence-electron chi connectivity index (χ1n) is 12.7. The first kappa shape index (κ1) is 24.8. The summed E-state index contributed by atoms with van der Waals surface area (Å²) in [5.74, 6) is 0.215. The molecule has 2 saturated carbocycles. The van der Waals surface area contributed by atoms with E-state index in [2.05, 4.69) is 36.8 Å². The zero-order valence-electron chi connectivity index (χ0n) is 20.6. The fourth-order valence-corrected chi connectivity index (χ4v) is 5.72. The molecule has 3 aliphatic rings. The SMILES string of the molecule is CC(C(=O)Nc1cc([C@@H]2CC[C@H](OC(=O)NC3(C)CC3)C2)[nH]n1)c1ccc(N2CCCC2=O)cc1Br. The molecule has 1 saturated heterocycles. The maximum Gasteiger partial charge on any atom is 0.407 e. The van der Waals surface area contributed by atoms with E-state index in [-0.39, 0.29) is 35.5 Å². The highest BCUT2D eigenvalue weighted by Gasteiger charge is 2.40. The van der Waals surface area contributed by atoms with Crippen LogP contribution in [0.4, 0.5) is 16.3 Å². The van der Waals surface area contributed by atoms with E-state index in [9.17, 15) is 14.4 Å². The summed E-state index contributed by atoms with van der Waals surface area (Å²) < 4.78 is 6.40. The lowest BCUT2D eigenvalue weighted by molar-refractivity contribution is -0.118. The monoisotopic (exact) mass is 557 g/mol. The van der Waals surface area contributed by atoms with E-state index in [1.54, 1.807) is 4.90 Å². The Labute approximate surface area is 218 Å². The Kier molecular flexibility index (Phi) is 6.80. The Bertz CT molecular complexity index is 1180. The molecule has 0 bridgehead atoms. The summed E-state index contributed by atoms with van der Waals surface area (Å²) in [5, 5.41) is 13.2. The van der Waals surface area contributed by atoms with Crippen LogP contribution in [0.5, 0.6) is 0 Å². The summed E-state index contributed by atoms with van der Waals surface area (Å²) in [6, 6.07) is 7.55. The summed E-state index contributed by atoms with van der Waals surface area (Å²) in [7, 11) is 0. The van der Waals surface area contributed by atoms with Crippen molar-refractivity contribution >= 4 is 45.3 Å².